The van der Waals surface area contributed by atoms with Crippen LogP contribution >= 0.6 is 11.3 Å². The second-order valence-corrected chi connectivity index (χ2v) is 6.41. The Balaban J connectivity index is 1.43. The molecule has 2 aromatic carbocycles. The van der Waals surface area contributed by atoms with Gasteiger partial charge in [0.05, 0.1) is 29.7 Å². The van der Waals surface area contributed by atoms with Crippen LogP contribution < -0.4 is 10.6 Å². The van der Waals surface area contributed by atoms with Gasteiger partial charge in [-0.05, 0) is 17.7 Å². The first-order valence-corrected chi connectivity index (χ1v) is 8.44. The molecule has 0 atom stereocenters. The number of hydrogen-bond donors (Lipinski definition) is 2. The van der Waals surface area contributed by atoms with Crippen LogP contribution in [0.1, 0.15) is 10.6 Å². The molecule has 0 radical (unpaired) electrons. The fourth-order valence-corrected chi connectivity index (χ4v) is 3.16. The van der Waals surface area contributed by atoms with Gasteiger partial charge in [0.1, 0.15) is 5.01 Å². The predicted molar refractivity (Wildman–Crippen MR) is 94.6 cm³/mol. The number of carbonyl (C=O) groups excluding carboxylic acids is 2. The summed E-state index contributed by atoms with van der Waals surface area (Å²) in [4.78, 5) is 28.1. The lowest BCUT2D eigenvalue weighted by atomic mass is 10.1. The van der Waals surface area contributed by atoms with Crippen molar-refractivity contribution >= 4 is 33.4 Å². The molecule has 5 nitrogen and oxygen atoms in total. The van der Waals surface area contributed by atoms with Gasteiger partial charge in [-0.2, -0.15) is 0 Å². The van der Waals surface area contributed by atoms with Crippen LogP contribution in [-0.4, -0.2) is 23.3 Å². The van der Waals surface area contributed by atoms with Gasteiger partial charge in [0.2, 0.25) is 11.8 Å². The van der Waals surface area contributed by atoms with Crippen LogP contribution in [0, 0.1) is 0 Å². The molecule has 0 bridgehead atoms. The van der Waals surface area contributed by atoms with Crippen molar-refractivity contribution in [1.82, 2.24) is 15.6 Å². The molecule has 122 valence electrons. The van der Waals surface area contributed by atoms with Crippen LogP contribution in [0.2, 0.25) is 0 Å². The van der Waals surface area contributed by atoms with Gasteiger partial charge in [-0.1, -0.05) is 42.5 Å². The SMILES string of the molecule is O=C(CNC(=O)Cc1ccccc1)NCc1nc2ccccc2s1. The molecule has 0 aliphatic heterocycles. The third-order valence-corrected chi connectivity index (χ3v) is 4.46. The molecular weight excluding hydrogens is 322 g/mol. The Morgan fingerprint density at radius 1 is 0.917 bits per heavy atom. The maximum absolute atomic E-state index is 11.8. The Bertz CT molecular complexity index is 813. The monoisotopic (exact) mass is 339 g/mol. The molecule has 3 rings (SSSR count). The Kier molecular flexibility index (Phi) is 5.18. The number of carbonyl (C=O) groups is 2. The lowest BCUT2D eigenvalue weighted by molar-refractivity contribution is -0.125. The molecule has 0 unspecified atom stereocenters. The molecule has 3 aromatic rings. The molecule has 0 aliphatic rings. The summed E-state index contributed by atoms with van der Waals surface area (Å²) in [6, 6.07) is 17.3. The van der Waals surface area contributed by atoms with E-state index in [0.717, 1.165) is 20.8 Å². The van der Waals surface area contributed by atoms with Crippen molar-refractivity contribution in [2.75, 3.05) is 6.54 Å². The number of rotatable bonds is 6. The molecule has 24 heavy (non-hydrogen) atoms. The topological polar surface area (TPSA) is 71.1 Å². The van der Waals surface area contributed by atoms with Gasteiger partial charge in [0, 0.05) is 0 Å². The highest BCUT2D eigenvalue weighted by molar-refractivity contribution is 7.18. The predicted octanol–water partition coefficient (Wildman–Crippen LogP) is 2.27. The minimum atomic E-state index is -0.226. The highest BCUT2D eigenvalue weighted by atomic mass is 32.1. The van der Waals surface area contributed by atoms with E-state index in [9.17, 15) is 9.59 Å². The van der Waals surface area contributed by atoms with Crippen LogP contribution in [0.4, 0.5) is 0 Å². The molecule has 0 saturated heterocycles. The summed E-state index contributed by atoms with van der Waals surface area (Å²) in [6.45, 7) is 0.337. The number of fused-ring (bicyclic) bond motifs is 1. The molecule has 6 heteroatoms. The van der Waals surface area contributed by atoms with Crippen molar-refractivity contribution in [2.45, 2.75) is 13.0 Å². The molecule has 1 aromatic heterocycles. The average molecular weight is 339 g/mol. The van der Waals surface area contributed by atoms with E-state index in [4.69, 9.17) is 0 Å². The van der Waals surface area contributed by atoms with E-state index in [1.807, 2.05) is 54.6 Å². The third kappa shape index (κ3) is 4.39. The average Bonchev–Trinajstić information content (AvgIpc) is 3.02. The fraction of sp³-hybridized carbons (Fsp3) is 0.167. The summed E-state index contributed by atoms with van der Waals surface area (Å²) < 4.78 is 1.10. The molecule has 0 aliphatic carbocycles. The van der Waals surface area contributed by atoms with Gasteiger partial charge in [0.15, 0.2) is 0 Å². The van der Waals surface area contributed by atoms with Crippen molar-refractivity contribution < 1.29 is 9.59 Å². The molecule has 2 N–H and O–H groups in total. The van der Waals surface area contributed by atoms with E-state index in [-0.39, 0.29) is 24.8 Å². The highest BCUT2D eigenvalue weighted by Crippen LogP contribution is 2.21. The van der Waals surface area contributed by atoms with Crippen molar-refractivity contribution in [3.05, 3.63) is 65.2 Å². The fourth-order valence-electron chi connectivity index (χ4n) is 2.25. The Morgan fingerprint density at radius 2 is 1.67 bits per heavy atom. The van der Waals surface area contributed by atoms with Gasteiger partial charge >= 0.3 is 0 Å². The first-order chi connectivity index (χ1) is 11.7. The van der Waals surface area contributed by atoms with Crippen molar-refractivity contribution in [1.29, 1.82) is 0 Å². The van der Waals surface area contributed by atoms with Crippen molar-refractivity contribution in [3.63, 3.8) is 0 Å². The number of aromatic nitrogens is 1. The molecule has 1 heterocycles. The largest absolute Gasteiger partial charge is 0.348 e. The number of amides is 2. The number of nitrogens with zero attached hydrogens (tertiary/aromatic N) is 1. The number of hydrogen-bond acceptors (Lipinski definition) is 4. The summed E-state index contributed by atoms with van der Waals surface area (Å²) in [6.07, 6.45) is 0.270. The van der Waals surface area contributed by atoms with E-state index >= 15 is 0 Å². The molecular formula is C18H17N3O2S. The molecule has 0 fully saturated rings. The lowest BCUT2D eigenvalue weighted by Crippen LogP contribution is -2.37. The van der Waals surface area contributed by atoms with Crippen LogP contribution in [0.25, 0.3) is 10.2 Å². The first-order valence-electron chi connectivity index (χ1n) is 7.62. The normalized spacial score (nSPS) is 10.5. The first kappa shape index (κ1) is 16.1. The van der Waals surface area contributed by atoms with E-state index in [2.05, 4.69) is 15.6 Å². The Morgan fingerprint density at radius 3 is 2.46 bits per heavy atom. The third-order valence-electron chi connectivity index (χ3n) is 3.43. The van der Waals surface area contributed by atoms with Crippen LogP contribution in [0.15, 0.2) is 54.6 Å². The number of nitrogens with one attached hydrogen (secondary N) is 2. The van der Waals surface area contributed by atoms with Crippen LogP contribution in [0.5, 0.6) is 0 Å². The minimum absolute atomic E-state index is 0.0312. The number of benzene rings is 2. The van der Waals surface area contributed by atoms with Gasteiger partial charge in [0.25, 0.3) is 0 Å². The lowest BCUT2D eigenvalue weighted by Gasteiger charge is -2.06. The molecule has 0 spiro atoms. The van der Waals surface area contributed by atoms with Gasteiger partial charge in [-0.25, -0.2) is 4.98 Å². The van der Waals surface area contributed by atoms with Gasteiger partial charge in [-0.3, -0.25) is 9.59 Å². The summed E-state index contributed by atoms with van der Waals surface area (Å²) in [5.41, 5.74) is 1.85. The highest BCUT2D eigenvalue weighted by Gasteiger charge is 2.08. The zero-order valence-electron chi connectivity index (χ0n) is 13.0. The van der Waals surface area contributed by atoms with Gasteiger partial charge in [-0.15, -0.1) is 11.3 Å². The molecule has 2 amide bonds. The number of para-hydroxylation sites is 1. The zero-order valence-corrected chi connectivity index (χ0v) is 13.8. The minimum Gasteiger partial charge on any atom is -0.348 e. The summed E-state index contributed by atoms with van der Waals surface area (Å²) in [7, 11) is 0. The Hall–Kier alpha value is -2.73. The second-order valence-electron chi connectivity index (χ2n) is 5.29. The smallest absolute Gasteiger partial charge is 0.239 e. The quantitative estimate of drug-likeness (QED) is 0.724. The van der Waals surface area contributed by atoms with E-state index in [1.165, 1.54) is 0 Å². The zero-order chi connectivity index (χ0) is 16.8. The van der Waals surface area contributed by atoms with E-state index in [0.29, 0.717) is 6.54 Å². The number of thiazole rings is 1. The maximum Gasteiger partial charge on any atom is 0.239 e. The van der Waals surface area contributed by atoms with E-state index in [1.54, 1.807) is 11.3 Å². The van der Waals surface area contributed by atoms with Crippen LogP contribution in [0.3, 0.4) is 0 Å². The van der Waals surface area contributed by atoms with Crippen LogP contribution in [-0.2, 0) is 22.6 Å². The van der Waals surface area contributed by atoms with Gasteiger partial charge < -0.3 is 10.6 Å². The standard InChI is InChI=1S/C18H17N3O2S/c22-16(10-13-6-2-1-3-7-13)19-11-17(23)20-12-18-21-14-8-4-5-9-15(14)24-18/h1-9H,10-12H2,(H,19,22)(H,20,23). The molecule has 0 saturated carbocycles. The summed E-state index contributed by atoms with van der Waals surface area (Å²) in [5, 5.41) is 6.25. The summed E-state index contributed by atoms with van der Waals surface area (Å²) >= 11 is 1.55. The summed E-state index contributed by atoms with van der Waals surface area (Å²) in [5.74, 6) is -0.396. The van der Waals surface area contributed by atoms with Crippen molar-refractivity contribution in [3.8, 4) is 0 Å². The van der Waals surface area contributed by atoms with E-state index < -0.39 is 0 Å². The second kappa shape index (κ2) is 7.70. The van der Waals surface area contributed by atoms with Crippen molar-refractivity contribution in [2.24, 2.45) is 0 Å². The Labute approximate surface area is 143 Å². The maximum atomic E-state index is 11.8.